The monoisotopic (exact) mass is 509 g/mol. The highest BCUT2D eigenvalue weighted by Crippen LogP contribution is 2.33. The zero-order valence-electron chi connectivity index (χ0n) is 20.1. The number of thiazole rings is 1. The van der Waals surface area contributed by atoms with Gasteiger partial charge in [0.15, 0.2) is 16.6 Å². The first-order chi connectivity index (χ1) is 17.5. The summed E-state index contributed by atoms with van der Waals surface area (Å²) in [5.74, 6) is 2.05. The summed E-state index contributed by atoms with van der Waals surface area (Å²) in [5, 5.41) is 5.83. The zero-order valence-corrected chi connectivity index (χ0v) is 20.9. The number of fused-ring (bicyclic) bond motifs is 1. The fourth-order valence-electron chi connectivity index (χ4n) is 4.20. The number of piperazine rings is 1. The highest BCUT2D eigenvalue weighted by molar-refractivity contribution is 7.17. The van der Waals surface area contributed by atoms with Crippen LogP contribution in [0.15, 0.2) is 42.5 Å². The fourth-order valence-corrected chi connectivity index (χ4v) is 5.13. The van der Waals surface area contributed by atoms with Crippen LogP contribution < -0.4 is 24.8 Å². The second-order valence-corrected chi connectivity index (χ2v) is 9.47. The van der Waals surface area contributed by atoms with Crippen LogP contribution in [-0.4, -0.2) is 66.8 Å². The van der Waals surface area contributed by atoms with E-state index in [1.807, 2.05) is 29.2 Å². The van der Waals surface area contributed by atoms with Gasteiger partial charge in [0.05, 0.1) is 18.5 Å². The van der Waals surface area contributed by atoms with Gasteiger partial charge in [0, 0.05) is 32.7 Å². The Morgan fingerprint density at radius 3 is 2.64 bits per heavy atom. The third-order valence-corrected chi connectivity index (χ3v) is 7.13. The van der Waals surface area contributed by atoms with Gasteiger partial charge in [-0.05, 0) is 36.8 Å². The molecule has 10 nitrogen and oxygen atoms in total. The first-order valence-electron chi connectivity index (χ1n) is 11.6. The molecule has 0 saturated carbocycles. The number of aryl methyl sites for hydroxylation is 1. The number of methoxy groups -OCH3 is 1. The Kier molecular flexibility index (Phi) is 6.92. The molecular weight excluding hydrogens is 482 g/mol. The number of rotatable bonds is 6. The Bertz CT molecular complexity index is 1270. The van der Waals surface area contributed by atoms with E-state index in [2.05, 4.69) is 20.5 Å². The van der Waals surface area contributed by atoms with E-state index in [0.29, 0.717) is 40.2 Å². The first-order valence-corrected chi connectivity index (χ1v) is 12.4. The number of anilines is 2. The largest absolute Gasteiger partial charge is 0.495 e. The molecule has 1 aromatic heterocycles. The molecule has 2 N–H and O–H groups in total. The summed E-state index contributed by atoms with van der Waals surface area (Å²) < 4.78 is 16.1. The number of amides is 3. The van der Waals surface area contributed by atoms with E-state index in [4.69, 9.17) is 14.2 Å². The van der Waals surface area contributed by atoms with E-state index in [1.54, 1.807) is 25.1 Å². The van der Waals surface area contributed by atoms with E-state index >= 15 is 0 Å². The second-order valence-electron chi connectivity index (χ2n) is 8.47. The molecule has 2 aliphatic rings. The number of para-hydroxylation sites is 2. The Morgan fingerprint density at radius 2 is 1.83 bits per heavy atom. The third kappa shape index (κ3) is 5.21. The molecule has 0 spiro atoms. The number of nitrogens with zero attached hydrogens (tertiary/aromatic N) is 3. The minimum Gasteiger partial charge on any atom is -0.495 e. The Morgan fingerprint density at radius 1 is 1.06 bits per heavy atom. The lowest BCUT2D eigenvalue weighted by Gasteiger charge is -2.34. The molecule has 0 bridgehead atoms. The molecule has 36 heavy (non-hydrogen) atoms. The minimum absolute atomic E-state index is 0.0640. The van der Waals surface area contributed by atoms with Gasteiger partial charge in [-0.2, -0.15) is 0 Å². The van der Waals surface area contributed by atoms with Crippen molar-refractivity contribution in [1.82, 2.24) is 14.8 Å². The third-order valence-electron chi connectivity index (χ3n) is 6.07. The van der Waals surface area contributed by atoms with E-state index in [-0.39, 0.29) is 12.7 Å². The molecular formula is C25H27N5O5S. The first kappa shape index (κ1) is 23.9. The molecule has 188 valence electrons. The Labute approximate surface area is 212 Å². The van der Waals surface area contributed by atoms with Crippen molar-refractivity contribution >= 4 is 34.1 Å². The summed E-state index contributed by atoms with van der Waals surface area (Å²) in [6.45, 7) is 5.61. The number of nitrogens with one attached hydrogen (secondary N) is 2. The van der Waals surface area contributed by atoms with Crippen LogP contribution in [0.5, 0.6) is 17.2 Å². The predicted molar refractivity (Wildman–Crippen MR) is 136 cm³/mol. The van der Waals surface area contributed by atoms with Gasteiger partial charge in [-0.25, -0.2) is 9.78 Å². The lowest BCUT2D eigenvalue weighted by molar-refractivity contribution is 0.0632. The van der Waals surface area contributed by atoms with Crippen molar-refractivity contribution < 1.29 is 23.8 Å². The standard InChI is InChI=1S/C25H27N5O5S/c1-16-22(36-25(26-16)28-24(32)27-18-5-3-4-6-19(18)33-2)23(31)30-11-9-29(10-12-30)14-17-7-8-20-21(13-17)35-15-34-20/h3-8,13H,9-12,14-15H2,1-2H3,(H2,26,27,28,32). The van der Waals surface area contributed by atoms with Gasteiger partial charge in [-0.1, -0.05) is 29.5 Å². The molecule has 0 aliphatic carbocycles. The quantitative estimate of drug-likeness (QED) is 0.521. The van der Waals surface area contributed by atoms with Crippen molar-refractivity contribution in [1.29, 1.82) is 0 Å². The van der Waals surface area contributed by atoms with Crippen molar-refractivity contribution in [3.63, 3.8) is 0 Å². The maximum Gasteiger partial charge on any atom is 0.325 e. The summed E-state index contributed by atoms with van der Waals surface area (Å²) in [6, 6.07) is 12.7. The van der Waals surface area contributed by atoms with Gasteiger partial charge in [0.2, 0.25) is 6.79 Å². The Balaban J connectivity index is 1.15. The van der Waals surface area contributed by atoms with Crippen molar-refractivity contribution in [3.8, 4) is 17.2 Å². The average Bonchev–Trinajstić information content (AvgIpc) is 3.50. The topological polar surface area (TPSA) is 105 Å². The van der Waals surface area contributed by atoms with Crippen molar-refractivity contribution in [2.75, 3.05) is 50.7 Å². The van der Waals surface area contributed by atoms with Crippen molar-refractivity contribution in [2.24, 2.45) is 0 Å². The van der Waals surface area contributed by atoms with Crippen LogP contribution in [0.25, 0.3) is 0 Å². The van der Waals surface area contributed by atoms with E-state index in [1.165, 1.54) is 18.4 Å². The van der Waals surface area contributed by atoms with Gasteiger partial charge < -0.3 is 24.4 Å². The fraction of sp³-hybridized carbons (Fsp3) is 0.320. The Hall–Kier alpha value is -3.83. The number of carbonyl (C=O) groups excluding carboxylic acids is 2. The van der Waals surface area contributed by atoms with E-state index in [0.717, 1.165) is 36.7 Å². The number of hydrogen-bond donors (Lipinski definition) is 2. The number of urea groups is 1. The zero-order chi connectivity index (χ0) is 25.1. The number of aromatic nitrogens is 1. The van der Waals surface area contributed by atoms with Crippen molar-refractivity contribution in [2.45, 2.75) is 13.5 Å². The second kappa shape index (κ2) is 10.4. The summed E-state index contributed by atoms with van der Waals surface area (Å²) in [6.07, 6.45) is 0. The molecule has 3 aromatic rings. The molecule has 0 radical (unpaired) electrons. The van der Waals surface area contributed by atoms with Crippen LogP contribution in [0.1, 0.15) is 20.9 Å². The molecule has 11 heteroatoms. The molecule has 5 rings (SSSR count). The highest BCUT2D eigenvalue weighted by atomic mass is 32.1. The number of carbonyl (C=O) groups is 2. The minimum atomic E-state index is -0.454. The predicted octanol–water partition coefficient (Wildman–Crippen LogP) is 3.79. The van der Waals surface area contributed by atoms with Gasteiger partial charge in [0.25, 0.3) is 5.91 Å². The highest BCUT2D eigenvalue weighted by Gasteiger charge is 2.26. The summed E-state index contributed by atoms with van der Waals surface area (Å²) >= 11 is 1.18. The summed E-state index contributed by atoms with van der Waals surface area (Å²) in [7, 11) is 1.54. The summed E-state index contributed by atoms with van der Waals surface area (Å²) in [5.41, 5.74) is 2.29. The maximum absolute atomic E-state index is 13.2. The van der Waals surface area contributed by atoms with Crippen LogP contribution >= 0.6 is 11.3 Å². The molecule has 0 unspecified atom stereocenters. The van der Waals surface area contributed by atoms with E-state index in [9.17, 15) is 9.59 Å². The number of benzene rings is 2. The smallest absolute Gasteiger partial charge is 0.325 e. The molecule has 1 fully saturated rings. The lowest BCUT2D eigenvalue weighted by atomic mass is 10.1. The van der Waals surface area contributed by atoms with E-state index < -0.39 is 6.03 Å². The normalized spacial score (nSPS) is 15.0. The van der Waals surface area contributed by atoms with Gasteiger partial charge in [0.1, 0.15) is 10.6 Å². The molecule has 1 saturated heterocycles. The molecule has 2 aromatic carbocycles. The number of ether oxygens (including phenoxy) is 3. The SMILES string of the molecule is COc1ccccc1NC(=O)Nc1nc(C)c(C(=O)N2CCN(Cc3ccc4c(c3)OCO4)CC2)s1. The van der Waals surface area contributed by atoms with Gasteiger partial charge >= 0.3 is 6.03 Å². The maximum atomic E-state index is 13.2. The van der Waals surface area contributed by atoms with Crippen LogP contribution in [0.2, 0.25) is 0 Å². The molecule has 0 atom stereocenters. The average molecular weight is 510 g/mol. The van der Waals surface area contributed by atoms with Crippen molar-refractivity contribution in [3.05, 3.63) is 58.6 Å². The van der Waals surface area contributed by atoms with Crippen LogP contribution in [0.4, 0.5) is 15.6 Å². The summed E-state index contributed by atoms with van der Waals surface area (Å²) in [4.78, 5) is 34.7. The molecule has 3 amide bonds. The van der Waals surface area contributed by atoms with Crippen LogP contribution in [0, 0.1) is 6.92 Å². The number of hydrogen-bond acceptors (Lipinski definition) is 8. The lowest BCUT2D eigenvalue weighted by Crippen LogP contribution is -2.48. The molecule has 2 aliphatic heterocycles. The van der Waals surface area contributed by atoms with Gasteiger partial charge in [-0.3, -0.25) is 15.0 Å². The van der Waals surface area contributed by atoms with Crippen LogP contribution in [-0.2, 0) is 6.54 Å². The van der Waals surface area contributed by atoms with Gasteiger partial charge in [-0.15, -0.1) is 0 Å². The molecule has 3 heterocycles. The van der Waals surface area contributed by atoms with Crippen LogP contribution in [0.3, 0.4) is 0 Å².